The second-order valence-corrected chi connectivity index (χ2v) is 8.91. The van der Waals surface area contributed by atoms with E-state index in [0.717, 1.165) is 16.1 Å². The fraction of sp³-hybridized carbons (Fsp3) is 0. The van der Waals surface area contributed by atoms with Crippen LogP contribution in [0.25, 0.3) is 27.3 Å². The van der Waals surface area contributed by atoms with Crippen molar-refractivity contribution in [2.24, 2.45) is 0 Å². The third-order valence-corrected chi connectivity index (χ3v) is 6.58. The number of hydrogen-bond acceptors (Lipinski definition) is 5. The third kappa shape index (κ3) is 3.30. The number of aromatic amines is 1. The second kappa shape index (κ2) is 6.87. The van der Waals surface area contributed by atoms with Crippen LogP contribution in [0.15, 0.2) is 83.2 Å². The van der Waals surface area contributed by atoms with Gasteiger partial charge in [0.05, 0.1) is 27.8 Å². The summed E-state index contributed by atoms with van der Waals surface area (Å²) in [6.07, 6.45) is 1.52. The molecule has 0 aliphatic carbocycles. The zero-order valence-corrected chi connectivity index (χ0v) is 16.6. The fourth-order valence-corrected chi connectivity index (χ4v) is 4.93. The first kappa shape index (κ1) is 17.7. The first-order valence-corrected chi connectivity index (χ1v) is 11.1. The van der Waals surface area contributed by atoms with Crippen LogP contribution in [0.3, 0.4) is 0 Å². The minimum absolute atomic E-state index is 0.0873. The van der Waals surface area contributed by atoms with Crippen LogP contribution in [0.1, 0.15) is 0 Å². The molecule has 29 heavy (non-hydrogen) atoms. The first-order valence-electron chi connectivity index (χ1n) is 8.77. The van der Waals surface area contributed by atoms with Gasteiger partial charge in [-0.25, -0.2) is 22.8 Å². The Balaban J connectivity index is 1.60. The van der Waals surface area contributed by atoms with Crippen molar-refractivity contribution < 1.29 is 8.42 Å². The predicted octanol–water partition coefficient (Wildman–Crippen LogP) is 4.28. The number of fused-ring (bicyclic) bond motifs is 1. The molecule has 0 radical (unpaired) electrons. The minimum Gasteiger partial charge on any atom is -0.323 e. The maximum atomic E-state index is 13.2. The molecule has 7 nitrogen and oxygen atoms in total. The molecule has 0 saturated heterocycles. The lowest BCUT2D eigenvalue weighted by Gasteiger charge is -2.04. The van der Waals surface area contributed by atoms with Crippen LogP contribution in [0.4, 0.5) is 5.95 Å². The smallest absolute Gasteiger partial charge is 0.267 e. The van der Waals surface area contributed by atoms with Crippen LogP contribution in [-0.2, 0) is 10.0 Å². The molecule has 0 saturated carbocycles. The van der Waals surface area contributed by atoms with Gasteiger partial charge in [-0.1, -0.05) is 36.4 Å². The van der Waals surface area contributed by atoms with E-state index in [2.05, 4.69) is 19.8 Å². The molecule has 0 amide bonds. The highest BCUT2D eigenvalue weighted by atomic mass is 32.2. The van der Waals surface area contributed by atoms with E-state index >= 15 is 0 Å². The summed E-state index contributed by atoms with van der Waals surface area (Å²) in [6.45, 7) is 0. The normalized spacial score (nSPS) is 11.7. The lowest BCUT2D eigenvalue weighted by molar-refractivity contribution is 0.601. The summed E-state index contributed by atoms with van der Waals surface area (Å²) in [5.74, 6) is 0.163. The summed E-state index contributed by atoms with van der Waals surface area (Å²) in [4.78, 5) is 8.15. The molecular weight excluding hydrogens is 406 g/mol. The Hall–Kier alpha value is -3.43. The summed E-state index contributed by atoms with van der Waals surface area (Å²) in [6, 6.07) is 20.5. The zero-order chi connectivity index (χ0) is 19.8. The fourth-order valence-electron chi connectivity index (χ4n) is 3.04. The number of hydrogen-bond donors (Lipinski definition) is 2. The van der Waals surface area contributed by atoms with E-state index in [-0.39, 0.29) is 10.8 Å². The number of aromatic nitrogens is 4. The second-order valence-electron chi connectivity index (χ2n) is 6.31. The number of thiophene rings is 1. The maximum absolute atomic E-state index is 13.2. The predicted molar refractivity (Wildman–Crippen MR) is 114 cm³/mol. The van der Waals surface area contributed by atoms with Gasteiger partial charge in [0.25, 0.3) is 10.0 Å². The quantitative estimate of drug-likeness (QED) is 0.443. The summed E-state index contributed by atoms with van der Waals surface area (Å²) >= 11 is 1.43. The highest BCUT2D eigenvalue weighted by Gasteiger charge is 2.26. The summed E-state index contributed by atoms with van der Waals surface area (Å²) in [7, 11) is -3.93. The van der Waals surface area contributed by atoms with Crippen LogP contribution in [-0.4, -0.2) is 28.2 Å². The van der Waals surface area contributed by atoms with Gasteiger partial charge in [0.15, 0.2) is 0 Å². The zero-order valence-electron chi connectivity index (χ0n) is 15.0. The van der Waals surface area contributed by atoms with E-state index in [4.69, 9.17) is 0 Å². The van der Waals surface area contributed by atoms with Crippen LogP contribution in [0.2, 0.25) is 0 Å². The van der Waals surface area contributed by atoms with E-state index < -0.39 is 10.0 Å². The molecule has 0 bridgehead atoms. The Morgan fingerprint density at radius 2 is 1.76 bits per heavy atom. The van der Waals surface area contributed by atoms with Crippen LogP contribution < -0.4 is 4.72 Å². The number of H-pyrrole nitrogens is 1. The van der Waals surface area contributed by atoms with E-state index in [0.29, 0.717) is 11.2 Å². The molecule has 3 heterocycles. The van der Waals surface area contributed by atoms with Crippen molar-refractivity contribution in [1.29, 1.82) is 0 Å². The molecule has 0 aliphatic heterocycles. The van der Waals surface area contributed by atoms with Gasteiger partial charge in [-0.3, -0.25) is 0 Å². The molecule has 3 aromatic heterocycles. The van der Waals surface area contributed by atoms with Gasteiger partial charge in [-0.2, -0.15) is 5.10 Å². The standard InChI is InChI=1S/C20H15N5O2S2/c26-29(27,24-20-21-15-9-4-5-10-16(15)22-20)18-13-25(14-7-2-1-3-8-14)23-19(18)17-11-6-12-28-17/h1-13H,(H2,21,22,24). The molecule has 5 aromatic rings. The molecule has 5 rings (SSSR count). The van der Waals surface area contributed by atoms with Crippen LogP contribution in [0.5, 0.6) is 0 Å². The SMILES string of the molecule is O=S(=O)(Nc1nc2ccccc2[nH]1)c1cn(-c2ccccc2)nc1-c1cccs1. The van der Waals surface area contributed by atoms with Gasteiger partial charge in [0.2, 0.25) is 5.95 Å². The average molecular weight is 422 g/mol. The summed E-state index contributed by atoms with van der Waals surface area (Å²) in [5.41, 5.74) is 2.61. The van der Waals surface area contributed by atoms with Gasteiger partial charge < -0.3 is 4.98 Å². The van der Waals surface area contributed by atoms with Gasteiger partial charge >= 0.3 is 0 Å². The van der Waals surface area contributed by atoms with Gasteiger partial charge in [-0.05, 0) is 35.7 Å². The maximum Gasteiger partial charge on any atom is 0.267 e. The van der Waals surface area contributed by atoms with Crippen molar-refractivity contribution in [2.45, 2.75) is 4.90 Å². The van der Waals surface area contributed by atoms with E-state index in [1.165, 1.54) is 17.5 Å². The largest absolute Gasteiger partial charge is 0.323 e. The molecule has 2 aromatic carbocycles. The Morgan fingerprint density at radius 3 is 2.52 bits per heavy atom. The lowest BCUT2D eigenvalue weighted by atomic mass is 10.3. The molecule has 144 valence electrons. The number of para-hydroxylation sites is 3. The van der Waals surface area contributed by atoms with Crippen molar-refractivity contribution in [1.82, 2.24) is 19.7 Å². The van der Waals surface area contributed by atoms with Crippen molar-refractivity contribution >= 4 is 38.3 Å². The van der Waals surface area contributed by atoms with E-state index in [9.17, 15) is 8.42 Å². The van der Waals surface area contributed by atoms with Gasteiger partial charge in [0, 0.05) is 0 Å². The first-order chi connectivity index (χ1) is 14.1. The monoisotopic (exact) mass is 421 g/mol. The molecule has 0 atom stereocenters. The molecule has 0 spiro atoms. The topological polar surface area (TPSA) is 92.7 Å². The van der Waals surface area contributed by atoms with Crippen molar-refractivity contribution in [3.05, 3.63) is 78.3 Å². The highest BCUT2D eigenvalue weighted by molar-refractivity contribution is 7.92. The summed E-state index contributed by atoms with van der Waals surface area (Å²) < 4.78 is 30.6. The number of anilines is 1. The molecule has 2 N–H and O–H groups in total. The van der Waals surface area contributed by atoms with E-state index in [1.54, 1.807) is 4.68 Å². The Bertz CT molecular complexity index is 1350. The average Bonchev–Trinajstić information content (AvgIpc) is 3.46. The third-order valence-electron chi connectivity index (χ3n) is 4.37. The Morgan fingerprint density at radius 1 is 0.966 bits per heavy atom. The number of imidazole rings is 1. The van der Waals surface area contributed by atoms with Crippen molar-refractivity contribution in [2.75, 3.05) is 4.72 Å². The van der Waals surface area contributed by atoms with Gasteiger partial charge in [-0.15, -0.1) is 11.3 Å². The van der Waals surface area contributed by atoms with Crippen molar-refractivity contribution in [3.8, 4) is 16.3 Å². The number of benzene rings is 2. The molecular formula is C20H15N5O2S2. The minimum atomic E-state index is -3.93. The van der Waals surface area contributed by atoms with Gasteiger partial charge in [0.1, 0.15) is 10.6 Å². The van der Waals surface area contributed by atoms with E-state index in [1.807, 2.05) is 72.1 Å². The molecule has 0 unspecified atom stereocenters. The number of rotatable bonds is 5. The highest BCUT2D eigenvalue weighted by Crippen LogP contribution is 2.31. The Labute approximate surface area is 170 Å². The summed E-state index contributed by atoms with van der Waals surface area (Å²) in [5, 5.41) is 6.44. The number of nitrogens with one attached hydrogen (secondary N) is 2. The number of nitrogens with zero attached hydrogens (tertiary/aromatic N) is 3. The van der Waals surface area contributed by atoms with Crippen LogP contribution in [0, 0.1) is 0 Å². The lowest BCUT2D eigenvalue weighted by Crippen LogP contribution is -2.14. The molecule has 0 fully saturated rings. The Kier molecular flexibility index (Phi) is 4.18. The molecule has 9 heteroatoms. The number of sulfonamides is 1. The molecule has 0 aliphatic rings. The van der Waals surface area contributed by atoms with Crippen LogP contribution >= 0.6 is 11.3 Å². The van der Waals surface area contributed by atoms with Crippen molar-refractivity contribution in [3.63, 3.8) is 0 Å².